The standard InChI is InChI=1S/C22H16F4N4O/c1-30-12-28-17-9-6-14(11-18(17)30)21(31)29-19(20-16(23)3-2-10-27-20)13-4-7-15(8-5-13)22(24,25)26/h2-12,19H,1H3,(H,29,31). The topological polar surface area (TPSA) is 59.8 Å². The zero-order valence-corrected chi connectivity index (χ0v) is 16.2. The number of nitrogens with one attached hydrogen (secondary N) is 1. The number of pyridine rings is 1. The molecule has 0 aliphatic carbocycles. The number of carbonyl (C=O) groups excluding carboxylic acids is 1. The lowest BCUT2D eigenvalue weighted by Gasteiger charge is -2.20. The largest absolute Gasteiger partial charge is 0.416 e. The van der Waals surface area contributed by atoms with Crippen LogP contribution in [0.5, 0.6) is 0 Å². The molecule has 0 aliphatic rings. The minimum atomic E-state index is -4.51. The molecule has 0 bridgehead atoms. The number of hydrogen-bond acceptors (Lipinski definition) is 3. The summed E-state index contributed by atoms with van der Waals surface area (Å²) in [5.41, 5.74) is 1.04. The summed E-state index contributed by atoms with van der Waals surface area (Å²) in [5, 5.41) is 2.69. The Labute approximate surface area is 174 Å². The third-order valence-corrected chi connectivity index (χ3v) is 4.89. The fourth-order valence-corrected chi connectivity index (χ4v) is 3.27. The molecule has 4 rings (SSSR count). The fourth-order valence-electron chi connectivity index (χ4n) is 3.27. The van der Waals surface area contributed by atoms with Crippen LogP contribution in [0.4, 0.5) is 17.6 Å². The molecule has 31 heavy (non-hydrogen) atoms. The Kier molecular flexibility index (Phi) is 5.18. The lowest BCUT2D eigenvalue weighted by atomic mass is 10.00. The van der Waals surface area contributed by atoms with E-state index in [1.807, 2.05) is 0 Å². The van der Waals surface area contributed by atoms with E-state index in [1.54, 1.807) is 36.1 Å². The van der Waals surface area contributed by atoms with Gasteiger partial charge in [-0.15, -0.1) is 0 Å². The van der Waals surface area contributed by atoms with Crippen molar-refractivity contribution in [2.24, 2.45) is 7.05 Å². The molecule has 5 nitrogen and oxygen atoms in total. The third kappa shape index (κ3) is 4.11. The van der Waals surface area contributed by atoms with E-state index in [0.29, 0.717) is 11.1 Å². The number of hydrogen-bond donors (Lipinski definition) is 1. The lowest BCUT2D eigenvalue weighted by Crippen LogP contribution is -2.30. The molecule has 2 heterocycles. The number of aromatic nitrogens is 3. The molecule has 1 unspecified atom stereocenters. The van der Waals surface area contributed by atoms with Crippen molar-refractivity contribution in [1.82, 2.24) is 19.9 Å². The van der Waals surface area contributed by atoms with E-state index in [-0.39, 0.29) is 11.3 Å². The smallest absolute Gasteiger partial charge is 0.339 e. The van der Waals surface area contributed by atoms with Gasteiger partial charge in [-0.25, -0.2) is 9.37 Å². The van der Waals surface area contributed by atoms with Crippen molar-refractivity contribution in [3.05, 3.63) is 95.3 Å². The van der Waals surface area contributed by atoms with Gasteiger partial charge < -0.3 is 9.88 Å². The highest BCUT2D eigenvalue weighted by Gasteiger charge is 2.31. The summed E-state index contributed by atoms with van der Waals surface area (Å²) >= 11 is 0. The Morgan fingerprint density at radius 3 is 2.48 bits per heavy atom. The number of halogens is 4. The van der Waals surface area contributed by atoms with Crippen LogP contribution in [0.2, 0.25) is 0 Å². The summed E-state index contributed by atoms with van der Waals surface area (Å²) in [7, 11) is 1.78. The molecule has 0 saturated carbocycles. The first-order valence-electron chi connectivity index (χ1n) is 9.23. The van der Waals surface area contributed by atoms with Gasteiger partial charge in [0.15, 0.2) is 0 Å². The second kappa shape index (κ2) is 7.82. The van der Waals surface area contributed by atoms with Gasteiger partial charge in [0, 0.05) is 18.8 Å². The molecule has 2 aromatic carbocycles. The van der Waals surface area contributed by atoms with Gasteiger partial charge in [-0.2, -0.15) is 13.2 Å². The van der Waals surface area contributed by atoms with E-state index in [2.05, 4.69) is 15.3 Å². The zero-order chi connectivity index (χ0) is 22.2. The summed E-state index contributed by atoms with van der Waals surface area (Å²) in [6, 6.07) is 10.5. The molecule has 0 spiro atoms. The van der Waals surface area contributed by atoms with Gasteiger partial charge in [0.1, 0.15) is 11.5 Å². The number of alkyl halides is 3. The molecule has 158 valence electrons. The Morgan fingerprint density at radius 1 is 1.06 bits per heavy atom. The third-order valence-electron chi connectivity index (χ3n) is 4.89. The average molecular weight is 428 g/mol. The number of fused-ring (bicyclic) bond motifs is 1. The van der Waals surface area contributed by atoms with E-state index < -0.39 is 29.5 Å². The highest BCUT2D eigenvalue weighted by molar-refractivity contribution is 5.97. The summed E-state index contributed by atoms with van der Waals surface area (Å²) in [4.78, 5) is 21.1. The number of amides is 1. The van der Waals surface area contributed by atoms with Crippen LogP contribution in [0.1, 0.15) is 33.2 Å². The number of benzene rings is 2. The molecule has 4 aromatic rings. The van der Waals surface area contributed by atoms with E-state index >= 15 is 0 Å². The average Bonchev–Trinajstić information content (AvgIpc) is 3.12. The Bertz CT molecular complexity index is 1250. The summed E-state index contributed by atoms with van der Waals surface area (Å²) in [6.07, 6.45) is -1.55. The van der Waals surface area contributed by atoms with Crippen LogP contribution in [0, 0.1) is 5.82 Å². The van der Waals surface area contributed by atoms with Crippen molar-refractivity contribution < 1.29 is 22.4 Å². The SMILES string of the molecule is Cn1cnc2ccc(C(=O)NC(c3ccc(C(F)(F)F)cc3)c3ncccc3F)cc21. The quantitative estimate of drug-likeness (QED) is 0.482. The molecule has 2 aromatic heterocycles. The van der Waals surface area contributed by atoms with Gasteiger partial charge in [0.25, 0.3) is 5.91 Å². The highest BCUT2D eigenvalue weighted by atomic mass is 19.4. The Hall–Kier alpha value is -3.75. The normalized spacial score (nSPS) is 12.7. The number of rotatable bonds is 4. The summed E-state index contributed by atoms with van der Waals surface area (Å²) in [6.45, 7) is 0. The molecule has 9 heteroatoms. The van der Waals surface area contributed by atoms with E-state index in [4.69, 9.17) is 0 Å². The van der Waals surface area contributed by atoms with Crippen LogP contribution in [0.15, 0.2) is 67.1 Å². The van der Waals surface area contributed by atoms with Gasteiger partial charge in [-0.1, -0.05) is 12.1 Å². The Morgan fingerprint density at radius 2 is 1.81 bits per heavy atom. The van der Waals surface area contributed by atoms with E-state index in [0.717, 1.165) is 17.6 Å². The van der Waals surface area contributed by atoms with Crippen molar-refractivity contribution in [1.29, 1.82) is 0 Å². The molecule has 0 aliphatic heterocycles. The molecule has 0 saturated heterocycles. The predicted molar refractivity (Wildman–Crippen MR) is 106 cm³/mol. The fraction of sp³-hybridized carbons (Fsp3) is 0.136. The minimum Gasteiger partial charge on any atom is -0.339 e. The summed E-state index contributed by atoms with van der Waals surface area (Å²) < 4.78 is 55.0. The van der Waals surface area contributed by atoms with Crippen LogP contribution >= 0.6 is 0 Å². The van der Waals surface area contributed by atoms with E-state index in [9.17, 15) is 22.4 Å². The van der Waals surface area contributed by atoms with Crippen molar-refractivity contribution in [2.75, 3.05) is 0 Å². The van der Waals surface area contributed by atoms with Crippen molar-refractivity contribution in [2.45, 2.75) is 12.2 Å². The molecule has 0 radical (unpaired) electrons. The number of carbonyl (C=O) groups is 1. The van der Waals surface area contributed by atoms with Crippen molar-refractivity contribution >= 4 is 16.9 Å². The summed E-state index contributed by atoms with van der Waals surface area (Å²) in [5.74, 6) is -1.21. The zero-order valence-electron chi connectivity index (χ0n) is 16.2. The van der Waals surface area contributed by atoms with Crippen LogP contribution in [0.25, 0.3) is 11.0 Å². The molecular formula is C22H16F4N4O. The van der Waals surface area contributed by atoms with Crippen LogP contribution in [0.3, 0.4) is 0 Å². The Balaban J connectivity index is 1.71. The molecule has 0 fully saturated rings. The van der Waals surface area contributed by atoms with Gasteiger partial charge >= 0.3 is 6.18 Å². The van der Waals surface area contributed by atoms with Crippen LogP contribution in [-0.2, 0) is 13.2 Å². The minimum absolute atomic E-state index is 0.0998. The van der Waals surface area contributed by atoms with Gasteiger partial charge in [0.05, 0.1) is 29.0 Å². The molecule has 1 amide bonds. The van der Waals surface area contributed by atoms with Crippen molar-refractivity contribution in [3.63, 3.8) is 0 Å². The van der Waals surface area contributed by atoms with Crippen LogP contribution < -0.4 is 5.32 Å². The number of imidazole rings is 1. The second-order valence-corrected chi connectivity index (χ2v) is 6.96. The number of nitrogens with zero attached hydrogens (tertiary/aromatic N) is 3. The first kappa shape index (κ1) is 20.5. The maximum atomic E-state index is 14.5. The maximum absolute atomic E-state index is 14.5. The van der Waals surface area contributed by atoms with Gasteiger partial charge in [-0.3, -0.25) is 9.78 Å². The first-order valence-corrected chi connectivity index (χ1v) is 9.23. The molecule has 1 atom stereocenters. The van der Waals surface area contributed by atoms with E-state index in [1.165, 1.54) is 30.5 Å². The van der Waals surface area contributed by atoms with Gasteiger partial charge in [0.2, 0.25) is 0 Å². The van der Waals surface area contributed by atoms with Crippen molar-refractivity contribution in [3.8, 4) is 0 Å². The van der Waals surface area contributed by atoms with Gasteiger partial charge in [-0.05, 0) is 48.0 Å². The maximum Gasteiger partial charge on any atom is 0.416 e. The monoisotopic (exact) mass is 428 g/mol. The highest BCUT2D eigenvalue weighted by Crippen LogP contribution is 2.31. The molecular weight excluding hydrogens is 412 g/mol. The number of aryl methyl sites for hydroxylation is 1. The van der Waals surface area contributed by atoms with Crippen LogP contribution in [-0.4, -0.2) is 20.4 Å². The molecule has 1 N–H and O–H groups in total. The first-order chi connectivity index (χ1) is 14.7. The predicted octanol–water partition coefficient (Wildman–Crippen LogP) is 4.65. The lowest BCUT2D eigenvalue weighted by molar-refractivity contribution is -0.137. The second-order valence-electron chi connectivity index (χ2n) is 6.96.